The lowest BCUT2D eigenvalue weighted by Gasteiger charge is -2.21. The zero-order chi connectivity index (χ0) is 14.3. The van der Waals surface area contributed by atoms with Gasteiger partial charge in [-0.3, -0.25) is 4.79 Å². The van der Waals surface area contributed by atoms with Gasteiger partial charge in [0.1, 0.15) is 5.69 Å². The molecule has 0 aliphatic carbocycles. The fourth-order valence-electron chi connectivity index (χ4n) is 1.82. The molecule has 0 aromatic carbocycles. The van der Waals surface area contributed by atoms with Gasteiger partial charge in [0.15, 0.2) is 0 Å². The van der Waals surface area contributed by atoms with Gasteiger partial charge < -0.3 is 10.2 Å². The minimum absolute atomic E-state index is 0.0158. The molecule has 0 saturated carbocycles. The second kappa shape index (κ2) is 7.71. The van der Waals surface area contributed by atoms with Gasteiger partial charge in [-0.2, -0.15) is 0 Å². The molecule has 1 aromatic rings. The van der Waals surface area contributed by atoms with Crippen LogP contribution in [-0.2, 0) is 0 Å². The van der Waals surface area contributed by atoms with E-state index < -0.39 is 0 Å². The third-order valence-electron chi connectivity index (χ3n) is 2.57. The standard InChI is InChI=1S/C14H24N4O/c1-5-9-18(10-6-2)13(19)12-7-8-15-14(17-12)16-11(3)4/h7-8,11H,5-6,9-10H2,1-4H3,(H,15,16,17). The molecule has 19 heavy (non-hydrogen) atoms. The molecule has 0 bridgehead atoms. The van der Waals surface area contributed by atoms with E-state index in [4.69, 9.17) is 0 Å². The first-order valence-electron chi connectivity index (χ1n) is 6.97. The molecule has 0 unspecified atom stereocenters. The predicted octanol–water partition coefficient (Wildman–Crippen LogP) is 2.56. The van der Waals surface area contributed by atoms with Gasteiger partial charge in [0, 0.05) is 25.3 Å². The monoisotopic (exact) mass is 264 g/mol. The SMILES string of the molecule is CCCN(CCC)C(=O)c1ccnc(NC(C)C)n1. The molecule has 0 spiro atoms. The van der Waals surface area contributed by atoms with Crippen LogP contribution in [0.25, 0.3) is 0 Å². The van der Waals surface area contributed by atoms with E-state index in [0.717, 1.165) is 25.9 Å². The topological polar surface area (TPSA) is 58.1 Å². The molecule has 1 amide bonds. The third-order valence-corrected chi connectivity index (χ3v) is 2.57. The summed E-state index contributed by atoms with van der Waals surface area (Å²) in [5, 5.41) is 3.11. The number of hydrogen-bond donors (Lipinski definition) is 1. The molecule has 0 aliphatic heterocycles. The van der Waals surface area contributed by atoms with Crippen LogP contribution in [0.4, 0.5) is 5.95 Å². The second-order valence-electron chi connectivity index (χ2n) is 4.86. The summed E-state index contributed by atoms with van der Waals surface area (Å²) >= 11 is 0. The maximum Gasteiger partial charge on any atom is 0.272 e. The summed E-state index contributed by atoms with van der Waals surface area (Å²) in [4.78, 5) is 22.6. The molecule has 0 radical (unpaired) electrons. The lowest BCUT2D eigenvalue weighted by molar-refractivity contribution is 0.0749. The van der Waals surface area contributed by atoms with Gasteiger partial charge in [-0.05, 0) is 32.8 Å². The van der Waals surface area contributed by atoms with Gasteiger partial charge in [-0.25, -0.2) is 9.97 Å². The van der Waals surface area contributed by atoms with E-state index in [1.165, 1.54) is 0 Å². The van der Waals surface area contributed by atoms with Crippen molar-refractivity contribution in [3.8, 4) is 0 Å². The van der Waals surface area contributed by atoms with Crippen molar-refractivity contribution in [2.24, 2.45) is 0 Å². The van der Waals surface area contributed by atoms with Gasteiger partial charge >= 0.3 is 0 Å². The first-order valence-corrected chi connectivity index (χ1v) is 6.97. The van der Waals surface area contributed by atoms with Crippen molar-refractivity contribution in [2.45, 2.75) is 46.6 Å². The van der Waals surface area contributed by atoms with Crippen LogP contribution >= 0.6 is 0 Å². The molecule has 0 fully saturated rings. The number of nitrogens with one attached hydrogen (secondary N) is 1. The first-order chi connectivity index (χ1) is 9.08. The molecule has 1 heterocycles. The van der Waals surface area contributed by atoms with E-state index in [-0.39, 0.29) is 11.9 Å². The largest absolute Gasteiger partial charge is 0.352 e. The highest BCUT2D eigenvalue weighted by molar-refractivity contribution is 5.92. The van der Waals surface area contributed by atoms with Crippen molar-refractivity contribution >= 4 is 11.9 Å². The summed E-state index contributed by atoms with van der Waals surface area (Å²) in [5.74, 6) is 0.492. The van der Waals surface area contributed by atoms with Crippen molar-refractivity contribution in [1.29, 1.82) is 0 Å². The van der Waals surface area contributed by atoms with E-state index >= 15 is 0 Å². The van der Waals surface area contributed by atoms with Crippen LogP contribution in [0.2, 0.25) is 0 Å². The van der Waals surface area contributed by atoms with Gasteiger partial charge in [0.2, 0.25) is 5.95 Å². The Morgan fingerprint density at radius 3 is 2.47 bits per heavy atom. The predicted molar refractivity (Wildman–Crippen MR) is 77.3 cm³/mol. The average molecular weight is 264 g/mol. The molecule has 0 saturated heterocycles. The number of rotatable bonds is 7. The summed E-state index contributed by atoms with van der Waals surface area (Å²) in [6.07, 6.45) is 3.53. The second-order valence-corrected chi connectivity index (χ2v) is 4.86. The van der Waals surface area contributed by atoms with E-state index in [9.17, 15) is 4.79 Å². The first kappa shape index (κ1) is 15.4. The van der Waals surface area contributed by atoms with Gasteiger partial charge in [0.05, 0.1) is 0 Å². The molecule has 0 aliphatic rings. The van der Waals surface area contributed by atoms with Crippen LogP contribution in [0.1, 0.15) is 51.0 Å². The molecule has 5 nitrogen and oxygen atoms in total. The summed E-state index contributed by atoms with van der Waals surface area (Å²) < 4.78 is 0. The minimum atomic E-state index is -0.0158. The molecule has 106 valence electrons. The number of carbonyl (C=O) groups is 1. The van der Waals surface area contributed by atoms with E-state index in [2.05, 4.69) is 29.1 Å². The van der Waals surface area contributed by atoms with Crippen molar-refractivity contribution in [1.82, 2.24) is 14.9 Å². The number of anilines is 1. The van der Waals surface area contributed by atoms with E-state index in [0.29, 0.717) is 11.6 Å². The number of hydrogen-bond acceptors (Lipinski definition) is 4. The lowest BCUT2D eigenvalue weighted by Crippen LogP contribution is -2.33. The van der Waals surface area contributed by atoms with Crippen LogP contribution < -0.4 is 5.32 Å². The Labute approximate surface area is 115 Å². The molecule has 1 aromatic heterocycles. The van der Waals surface area contributed by atoms with Crippen LogP contribution in [0.15, 0.2) is 12.3 Å². The Kier molecular flexibility index (Phi) is 6.25. The van der Waals surface area contributed by atoms with Crippen molar-refractivity contribution < 1.29 is 4.79 Å². The van der Waals surface area contributed by atoms with Crippen LogP contribution in [0.5, 0.6) is 0 Å². The molecular formula is C14H24N4O. The van der Waals surface area contributed by atoms with Gasteiger partial charge in [-0.15, -0.1) is 0 Å². The fourth-order valence-corrected chi connectivity index (χ4v) is 1.82. The highest BCUT2D eigenvalue weighted by atomic mass is 16.2. The normalized spacial score (nSPS) is 10.6. The summed E-state index contributed by atoms with van der Waals surface area (Å²) in [5.41, 5.74) is 0.458. The van der Waals surface area contributed by atoms with Crippen LogP contribution in [0.3, 0.4) is 0 Å². The van der Waals surface area contributed by atoms with Gasteiger partial charge in [-0.1, -0.05) is 13.8 Å². The molecular weight excluding hydrogens is 240 g/mol. The molecule has 0 atom stereocenters. The van der Waals surface area contributed by atoms with Crippen molar-refractivity contribution in [3.05, 3.63) is 18.0 Å². The number of carbonyl (C=O) groups excluding carboxylic acids is 1. The highest BCUT2D eigenvalue weighted by Crippen LogP contribution is 2.07. The molecule has 1 N–H and O–H groups in total. The fraction of sp³-hybridized carbons (Fsp3) is 0.643. The Balaban J connectivity index is 2.84. The van der Waals surface area contributed by atoms with Crippen molar-refractivity contribution in [2.75, 3.05) is 18.4 Å². The maximum absolute atomic E-state index is 12.4. The zero-order valence-corrected chi connectivity index (χ0v) is 12.3. The highest BCUT2D eigenvalue weighted by Gasteiger charge is 2.16. The average Bonchev–Trinajstić information content (AvgIpc) is 2.37. The Morgan fingerprint density at radius 2 is 1.95 bits per heavy atom. The maximum atomic E-state index is 12.4. The summed E-state index contributed by atoms with van der Waals surface area (Å²) in [7, 11) is 0. The molecule has 1 rings (SSSR count). The molecule has 5 heteroatoms. The van der Waals surface area contributed by atoms with Crippen molar-refractivity contribution in [3.63, 3.8) is 0 Å². The summed E-state index contributed by atoms with van der Waals surface area (Å²) in [6, 6.07) is 1.92. The number of amides is 1. The Bertz CT molecular complexity index is 400. The minimum Gasteiger partial charge on any atom is -0.352 e. The van der Waals surface area contributed by atoms with Crippen LogP contribution in [0, 0.1) is 0 Å². The summed E-state index contributed by atoms with van der Waals surface area (Å²) in [6.45, 7) is 9.70. The van der Waals surface area contributed by atoms with Crippen LogP contribution in [-0.4, -0.2) is 39.9 Å². The lowest BCUT2D eigenvalue weighted by atomic mass is 10.3. The Hall–Kier alpha value is -1.65. The van der Waals surface area contributed by atoms with E-state index in [1.807, 2.05) is 18.7 Å². The third kappa shape index (κ3) is 4.85. The quantitative estimate of drug-likeness (QED) is 0.822. The number of aromatic nitrogens is 2. The van der Waals surface area contributed by atoms with E-state index in [1.54, 1.807) is 12.3 Å². The zero-order valence-electron chi connectivity index (χ0n) is 12.3. The Morgan fingerprint density at radius 1 is 1.32 bits per heavy atom. The van der Waals surface area contributed by atoms with Gasteiger partial charge in [0.25, 0.3) is 5.91 Å². The number of nitrogens with zero attached hydrogens (tertiary/aromatic N) is 3. The smallest absolute Gasteiger partial charge is 0.272 e.